The molecule has 0 saturated heterocycles. The molecule has 1 unspecified atom stereocenters. The Morgan fingerprint density at radius 3 is 3.00 bits per heavy atom. The van der Waals surface area contributed by atoms with Crippen LogP contribution in [0.15, 0.2) is 12.3 Å². The lowest BCUT2D eigenvalue weighted by Crippen LogP contribution is -1.99. The van der Waals surface area contributed by atoms with E-state index in [-0.39, 0.29) is 0 Å². The van der Waals surface area contributed by atoms with E-state index in [1.807, 2.05) is 17.8 Å². The van der Waals surface area contributed by atoms with Crippen molar-refractivity contribution < 1.29 is 0 Å². The first kappa shape index (κ1) is 11.8. The van der Waals surface area contributed by atoms with Crippen LogP contribution >= 0.6 is 23.4 Å². The van der Waals surface area contributed by atoms with Gasteiger partial charge in [-0.3, -0.25) is 0 Å². The minimum Gasteiger partial charge on any atom is -0.240 e. The van der Waals surface area contributed by atoms with Crippen LogP contribution in [-0.4, -0.2) is 15.2 Å². The van der Waals surface area contributed by atoms with E-state index in [1.54, 1.807) is 6.20 Å². The summed E-state index contributed by atoms with van der Waals surface area (Å²) in [7, 11) is 0. The summed E-state index contributed by atoms with van der Waals surface area (Å²) >= 11 is 7.57. The van der Waals surface area contributed by atoms with Crippen LogP contribution in [0.4, 0.5) is 0 Å². The fraction of sp³-hybridized carbons (Fsp3) is 0.600. The largest absolute Gasteiger partial charge is 0.240 e. The molecule has 0 aliphatic rings. The van der Waals surface area contributed by atoms with Gasteiger partial charge in [-0.15, -0.1) is 11.6 Å². The normalized spacial score (nSPS) is 12.8. The molecule has 0 fully saturated rings. The molecule has 1 atom stereocenters. The van der Waals surface area contributed by atoms with Gasteiger partial charge in [-0.25, -0.2) is 9.97 Å². The van der Waals surface area contributed by atoms with E-state index < -0.39 is 0 Å². The van der Waals surface area contributed by atoms with Gasteiger partial charge in [0.05, 0.1) is 17.3 Å². The highest BCUT2D eigenvalue weighted by molar-refractivity contribution is 7.99. The zero-order valence-corrected chi connectivity index (χ0v) is 10.1. The number of hydrogen-bond donors (Lipinski definition) is 0. The van der Waals surface area contributed by atoms with Crippen LogP contribution in [0, 0.1) is 0 Å². The van der Waals surface area contributed by atoms with E-state index in [1.165, 1.54) is 6.42 Å². The van der Waals surface area contributed by atoms with Crippen molar-refractivity contribution in [2.75, 3.05) is 0 Å². The molecule has 1 rings (SSSR count). The molecular formula is C10H15ClN2S. The van der Waals surface area contributed by atoms with Gasteiger partial charge < -0.3 is 0 Å². The van der Waals surface area contributed by atoms with Crippen molar-refractivity contribution in [1.29, 1.82) is 0 Å². The Hall–Kier alpha value is -0.280. The molecule has 0 aliphatic heterocycles. The Morgan fingerprint density at radius 2 is 2.36 bits per heavy atom. The molecule has 1 heterocycles. The maximum absolute atomic E-state index is 5.69. The molecule has 1 aromatic rings. The summed E-state index contributed by atoms with van der Waals surface area (Å²) in [6.45, 7) is 4.41. The summed E-state index contributed by atoms with van der Waals surface area (Å²) < 4.78 is 0. The molecule has 0 radical (unpaired) electrons. The van der Waals surface area contributed by atoms with Crippen LogP contribution in [0.5, 0.6) is 0 Å². The predicted molar refractivity (Wildman–Crippen MR) is 62.6 cm³/mol. The van der Waals surface area contributed by atoms with Gasteiger partial charge in [-0.05, 0) is 12.5 Å². The summed E-state index contributed by atoms with van der Waals surface area (Å²) in [4.78, 5) is 8.54. The third-order valence-corrected chi connectivity index (χ3v) is 3.57. The minimum absolute atomic E-state index is 0.462. The Kier molecular flexibility index (Phi) is 5.26. The van der Waals surface area contributed by atoms with E-state index in [0.717, 1.165) is 17.3 Å². The standard InChI is InChI=1S/C10H15ClN2S/c1-3-8(2)14-7-10-12-5-4-9(6-11)13-10/h4-5,8H,3,6-7H2,1-2H3. The number of alkyl halides is 1. The maximum Gasteiger partial charge on any atom is 0.138 e. The number of rotatable bonds is 5. The molecule has 1 aromatic heterocycles. The number of thioether (sulfide) groups is 1. The summed E-state index contributed by atoms with van der Waals surface area (Å²) in [5, 5.41) is 0.665. The topological polar surface area (TPSA) is 25.8 Å². The highest BCUT2D eigenvalue weighted by atomic mass is 35.5. The van der Waals surface area contributed by atoms with Crippen LogP contribution in [0.1, 0.15) is 31.8 Å². The first-order chi connectivity index (χ1) is 6.76. The van der Waals surface area contributed by atoms with Gasteiger partial charge in [0, 0.05) is 11.4 Å². The summed E-state index contributed by atoms with van der Waals surface area (Å²) in [5.41, 5.74) is 0.904. The molecule has 14 heavy (non-hydrogen) atoms. The van der Waals surface area contributed by atoms with Gasteiger partial charge in [0.2, 0.25) is 0 Å². The van der Waals surface area contributed by atoms with E-state index >= 15 is 0 Å². The van der Waals surface area contributed by atoms with Gasteiger partial charge >= 0.3 is 0 Å². The number of hydrogen-bond acceptors (Lipinski definition) is 3. The first-order valence-corrected chi connectivity index (χ1v) is 6.33. The lowest BCUT2D eigenvalue weighted by molar-refractivity contribution is 0.899. The van der Waals surface area contributed by atoms with Gasteiger partial charge in [0.25, 0.3) is 0 Å². The molecule has 0 spiro atoms. The molecule has 0 N–H and O–H groups in total. The highest BCUT2D eigenvalue weighted by Gasteiger charge is 2.02. The Bertz CT molecular complexity index is 281. The van der Waals surface area contributed by atoms with E-state index in [9.17, 15) is 0 Å². The molecule has 0 bridgehead atoms. The molecule has 0 aliphatic carbocycles. The number of aromatic nitrogens is 2. The zero-order valence-electron chi connectivity index (χ0n) is 8.53. The van der Waals surface area contributed by atoms with Crippen LogP contribution < -0.4 is 0 Å². The van der Waals surface area contributed by atoms with Crippen molar-refractivity contribution in [3.63, 3.8) is 0 Å². The van der Waals surface area contributed by atoms with Crippen LogP contribution in [0.25, 0.3) is 0 Å². The lowest BCUT2D eigenvalue weighted by Gasteiger charge is -2.06. The van der Waals surface area contributed by atoms with Crippen molar-refractivity contribution in [1.82, 2.24) is 9.97 Å². The van der Waals surface area contributed by atoms with E-state index in [2.05, 4.69) is 23.8 Å². The molecule has 2 nitrogen and oxygen atoms in total. The molecule has 78 valence electrons. The zero-order chi connectivity index (χ0) is 10.4. The SMILES string of the molecule is CCC(C)SCc1nccc(CCl)n1. The molecular weight excluding hydrogens is 216 g/mol. The third-order valence-electron chi connectivity index (χ3n) is 1.97. The average Bonchev–Trinajstić information content (AvgIpc) is 2.26. The highest BCUT2D eigenvalue weighted by Crippen LogP contribution is 2.17. The van der Waals surface area contributed by atoms with Crippen LogP contribution in [-0.2, 0) is 11.6 Å². The number of halogens is 1. The van der Waals surface area contributed by atoms with Crippen molar-refractivity contribution >= 4 is 23.4 Å². The lowest BCUT2D eigenvalue weighted by atomic mass is 10.4. The third kappa shape index (κ3) is 3.84. The Morgan fingerprint density at radius 1 is 1.57 bits per heavy atom. The fourth-order valence-electron chi connectivity index (χ4n) is 0.920. The molecule has 4 heteroatoms. The summed E-state index contributed by atoms with van der Waals surface area (Å²) in [5.74, 6) is 2.22. The second-order valence-electron chi connectivity index (χ2n) is 3.13. The smallest absolute Gasteiger partial charge is 0.138 e. The van der Waals surface area contributed by atoms with Crippen molar-refractivity contribution in [2.45, 2.75) is 37.2 Å². The predicted octanol–water partition coefficient (Wildman–Crippen LogP) is 3.25. The Labute approximate surface area is 94.5 Å². The molecule has 0 amide bonds. The average molecular weight is 231 g/mol. The molecule has 0 aromatic carbocycles. The van der Waals surface area contributed by atoms with Crippen molar-refractivity contribution in [3.05, 3.63) is 23.8 Å². The van der Waals surface area contributed by atoms with E-state index in [0.29, 0.717) is 11.1 Å². The Balaban J connectivity index is 2.50. The van der Waals surface area contributed by atoms with E-state index in [4.69, 9.17) is 11.6 Å². The van der Waals surface area contributed by atoms with Gasteiger partial charge in [0.15, 0.2) is 0 Å². The van der Waals surface area contributed by atoms with Crippen LogP contribution in [0.3, 0.4) is 0 Å². The monoisotopic (exact) mass is 230 g/mol. The second-order valence-corrected chi connectivity index (χ2v) is 4.82. The van der Waals surface area contributed by atoms with Crippen molar-refractivity contribution in [3.8, 4) is 0 Å². The quantitative estimate of drug-likeness (QED) is 0.727. The summed E-state index contributed by atoms with van der Waals surface area (Å²) in [6, 6.07) is 1.85. The maximum atomic E-state index is 5.69. The van der Waals surface area contributed by atoms with Gasteiger partial charge in [-0.1, -0.05) is 13.8 Å². The van der Waals surface area contributed by atoms with Crippen molar-refractivity contribution in [2.24, 2.45) is 0 Å². The van der Waals surface area contributed by atoms with Gasteiger partial charge in [-0.2, -0.15) is 11.8 Å². The summed E-state index contributed by atoms with van der Waals surface area (Å²) in [6.07, 6.45) is 2.96. The number of nitrogens with zero attached hydrogens (tertiary/aromatic N) is 2. The first-order valence-electron chi connectivity index (χ1n) is 4.74. The van der Waals surface area contributed by atoms with Crippen LogP contribution in [0.2, 0.25) is 0 Å². The van der Waals surface area contributed by atoms with Gasteiger partial charge in [0.1, 0.15) is 5.82 Å². The minimum atomic E-state index is 0.462. The second kappa shape index (κ2) is 6.25. The molecule has 0 saturated carbocycles. The fourth-order valence-corrected chi connectivity index (χ4v) is 1.88.